The Morgan fingerprint density at radius 1 is 0.253 bits per heavy atom. The lowest BCUT2D eigenvalue weighted by molar-refractivity contribution is -0.166. The molecular weight excluding hydrogens is 1020 g/mol. The fourth-order valence-corrected chi connectivity index (χ4v) is 9.71. The number of rotatable bonds is 63. The van der Waals surface area contributed by atoms with Gasteiger partial charge in [-0.05, 0) is 122 Å². The Kier molecular flexibility index (Phi) is 66.7. The van der Waals surface area contributed by atoms with E-state index < -0.39 is 12.1 Å². The van der Waals surface area contributed by atoms with Gasteiger partial charge in [-0.15, -0.1) is 0 Å². The molecule has 0 aliphatic rings. The second-order valence-corrected chi connectivity index (χ2v) is 23.1. The molecule has 0 aromatic rings. The predicted octanol–water partition coefficient (Wildman–Crippen LogP) is 24.3. The zero-order valence-corrected chi connectivity index (χ0v) is 54.4. The molecular formula is C77H130O6. The van der Waals surface area contributed by atoms with E-state index in [4.69, 9.17) is 14.2 Å². The van der Waals surface area contributed by atoms with Crippen molar-refractivity contribution in [3.63, 3.8) is 0 Å². The van der Waals surface area contributed by atoms with E-state index in [9.17, 15) is 14.4 Å². The quantitative estimate of drug-likeness (QED) is 0.0261. The molecule has 83 heavy (non-hydrogen) atoms. The second-order valence-electron chi connectivity index (χ2n) is 23.1. The van der Waals surface area contributed by atoms with Crippen LogP contribution in [0.1, 0.15) is 329 Å². The first-order valence-corrected chi connectivity index (χ1v) is 35.0. The summed E-state index contributed by atoms with van der Waals surface area (Å²) in [6, 6.07) is 0. The van der Waals surface area contributed by atoms with Crippen LogP contribution in [0.3, 0.4) is 0 Å². The Hall–Kier alpha value is -4.19. The lowest BCUT2D eigenvalue weighted by atomic mass is 10.0. The molecule has 0 aromatic carbocycles. The molecule has 0 amide bonds. The van der Waals surface area contributed by atoms with Gasteiger partial charge in [-0.3, -0.25) is 14.4 Å². The molecule has 0 saturated heterocycles. The van der Waals surface area contributed by atoms with E-state index in [0.29, 0.717) is 19.3 Å². The van der Waals surface area contributed by atoms with Crippen LogP contribution in [0.4, 0.5) is 0 Å². The monoisotopic (exact) mass is 1150 g/mol. The normalized spacial score (nSPS) is 12.9. The zero-order chi connectivity index (χ0) is 59.9. The summed E-state index contributed by atoms with van der Waals surface area (Å²) in [6.07, 6.45) is 98.1. The summed E-state index contributed by atoms with van der Waals surface area (Å²) in [4.78, 5) is 38.4. The van der Waals surface area contributed by atoms with Gasteiger partial charge in [0, 0.05) is 19.3 Å². The number of hydrogen-bond acceptors (Lipinski definition) is 6. The summed E-state index contributed by atoms with van der Waals surface area (Å²) in [6.45, 7) is 6.46. The SMILES string of the molecule is CC/C=C\C/C=C\C/C=C\C/C=C\C/C=C\C/C=C\CCC(=O)OC(COC(=O)CCCCCCCC/C=C\C/C=C\C/C=C\CCCCC)COC(=O)CCCCCCCCCCCCCCCCC/C=C\CCCCCCCCCC. The number of esters is 3. The predicted molar refractivity (Wildman–Crippen MR) is 362 cm³/mol. The van der Waals surface area contributed by atoms with Crippen molar-refractivity contribution >= 4 is 17.9 Å². The van der Waals surface area contributed by atoms with E-state index in [2.05, 4.69) is 136 Å². The van der Waals surface area contributed by atoms with Crippen LogP contribution < -0.4 is 0 Å². The van der Waals surface area contributed by atoms with Crippen LogP contribution in [0.15, 0.2) is 122 Å². The van der Waals surface area contributed by atoms with Crippen LogP contribution in [0.25, 0.3) is 0 Å². The van der Waals surface area contributed by atoms with Crippen molar-refractivity contribution in [2.75, 3.05) is 13.2 Å². The highest BCUT2D eigenvalue weighted by molar-refractivity contribution is 5.71. The number of allylic oxidation sites excluding steroid dienone is 20. The van der Waals surface area contributed by atoms with Crippen LogP contribution in [-0.4, -0.2) is 37.2 Å². The largest absolute Gasteiger partial charge is 0.462 e. The van der Waals surface area contributed by atoms with E-state index >= 15 is 0 Å². The van der Waals surface area contributed by atoms with E-state index in [1.54, 1.807) is 0 Å². The van der Waals surface area contributed by atoms with E-state index in [0.717, 1.165) is 103 Å². The van der Waals surface area contributed by atoms with Crippen LogP contribution in [0.5, 0.6) is 0 Å². The molecule has 1 unspecified atom stereocenters. The Balaban J connectivity index is 4.42. The van der Waals surface area contributed by atoms with Crippen molar-refractivity contribution in [2.45, 2.75) is 335 Å². The third-order valence-electron chi connectivity index (χ3n) is 14.9. The molecule has 0 aliphatic carbocycles. The highest BCUT2D eigenvalue weighted by atomic mass is 16.6. The number of hydrogen-bond donors (Lipinski definition) is 0. The van der Waals surface area contributed by atoms with Gasteiger partial charge in [0.05, 0.1) is 0 Å². The van der Waals surface area contributed by atoms with Crippen LogP contribution in [0, 0.1) is 0 Å². The second kappa shape index (κ2) is 70.3. The molecule has 0 bridgehead atoms. The molecule has 0 fully saturated rings. The molecule has 6 nitrogen and oxygen atoms in total. The molecule has 0 aromatic heterocycles. The zero-order valence-electron chi connectivity index (χ0n) is 54.4. The van der Waals surface area contributed by atoms with Crippen molar-refractivity contribution in [3.8, 4) is 0 Å². The minimum absolute atomic E-state index is 0.113. The molecule has 0 saturated carbocycles. The average molecular weight is 1150 g/mol. The number of carbonyl (C=O) groups is 3. The lowest BCUT2D eigenvalue weighted by Gasteiger charge is -2.18. The Labute approximate surface area is 513 Å². The van der Waals surface area contributed by atoms with Gasteiger partial charge in [0.1, 0.15) is 13.2 Å². The van der Waals surface area contributed by atoms with Crippen LogP contribution >= 0.6 is 0 Å². The van der Waals surface area contributed by atoms with E-state index in [1.807, 2.05) is 6.08 Å². The Morgan fingerprint density at radius 3 is 0.819 bits per heavy atom. The third kappa shape index (κ3) is 68.5. The fourth-order valence-electron chi connectivity index (χ4n) is 9.71. The van der Waals surface area contributed by atoms with Gasteiger partial charge in [0.15, 0.2) is 6.10 Å². The van der Waals surface area contributed by atoms with Crippen LogP contribution in [0.2, 0.25) is 0 Å². The highest BCUT2D eigenvalue weighted by Gasteiger charge is 2.19. The van der Waals surface area contributed by atoms with E-state index in [1.165, 1.54) is 180 Å². The standard InChI is InChI=1S/C77H130O6/c1-4-7-10-13-16-19-22-25-28-31-34-35-36-37-38-39-40-41-44-46-49-52-55-58-61-64-67-70-76(79)82-73-74(83-77(80)71-68-65-62-59-56-53-50-47-43-33-30-27-24-21-18-15-12-9-6-3)72-81-75(78)69-66-63-60-57-54-51-48-45-42-32-29-26-23-20-17-14-11-8-5-2/h9,12,17-18,20-21,26-27,29-31,34,42-43,45,47,53,56,62,65,74H,4-8,10-11,13-16,19,22-25,28,32-33,35-41,44,46,48-52,54-55,57-61,63-64,66-73H2,1-3H3/b12-9-,20-17-,21-18-,29-26-,30-27-,34-31-,45-42-,47-43-,56-53-,65-62-. The first-order chi connectivity index (χ1) is 41.0. The molecule has 1 atom stereocenters. The van der Waals surface area contributed by atoms with Crippen molar-refractivity contribution in [3.05, 3.63) is 122 Å². The van der Waals surface area contributed by atoms with Gasteiger partial charge in [0.2, 0.25) is 0 Å². The van der Waals surface area contributed by atoms with Crippen molar-refractivity contribution in [1.82, 2.24) is 0 Å². The van der Waals surface area contributed by atoms with Gasteiger partial charge in [0.25, 0.3) is 0 Å². The minimum Gasteiger partial charge on any atom is -0.462 e. The highest BCUT2D eigenvalue weighted by Crippen LogP contribution is 2.17. The summed E-state index contributed by atoms with van der Waals surface area (Å²) < 4.78 is 16.9. The van der Waals surface area contributed by atoms with Gasteiger partial charge in [-0.2, -0.15) is 0 Å². The minimum atomic E-state index is -0.829. The Morgan fingerprint density at radius 2 is 0.494 bits per heavy atom. The lowest BCUT2D eigenvalue weighted by Crippen LogP contribution is -2.30. The van der Waals surface area contributed by atoms with Gasteiger partial charge < -0.3 is 14.2 Å². The molecule has 0 N–H and O–H groups in total. The molecule has 0 radical (unpaired) electrons. The topological polar surface area (TPSA) is 78.9 Å². The molecule has 0 heterocycles. The summed E-state index contributed by atoms with van der Waals surface area (Å²) >= 11 is 0. The van der Waals surface area contributed by atoms with Crippen molar-refractivity contribution in [2.24, 2.45) is 0 Å². The summed E-state index contributed by atoms with van der Waals surface area (Å²) in [5.41, 5.74) is 0. The number of ether oxygens (including phenoxy) is 3. The molecule has 6 heteroatoms. The summed E-state index contributed by atoms with van der Waals surface area (Å²) in [5.74, 6) is -1.00. The molecule has 0 rings (SSSR count). The van der Waals surface area contributed by atoms with Gasteiger partial charge >= 0.3 is 17.9 Å². The average Bonchev–Trinajstić information content (AvgIpc) is 3.50. The molecule has 474 valence electrons. The van der Waals surface area contributed by atoms with Gasteiger partial charge in [-0.1, -0.05) is 309 Å². The number of unbranched alkanes of at least 4 members (excludes halogenated alkanes) is 32. The van der Waals surface area contributed by atoms with Crippen LogP contribution in [-0.2, 0) is 28.6 Å². The maximum absolute atomic E-state index is 12.9. The third-order valence-corrected chi connectivity index (χ3v) is 14.9. The fraction of sp³-hybridized carbons (Fsp3) is 0.701. The Bertz CT molecular complexity index is 1700. The summed E-state index contributed by atoms with van der Waals surface area (Å²) in [7, 11) is 0. The maximum Gasteiger partial charge on any atom is 0.306 e. The first-order valence-electron chi connectivity index (χ1n) is 35.0. The summed E-state index contributed by atoms with van der Waals surface area (Å²) in [5, 5.41) is 0. The first kappa shape index (κ1) is 78.8. The molecule has 0 aliphatic heterocycles. The van der Waals surface area contributed by atoms with E-state index in [-0.39, 0.29) is 31.6 Å². The molecule has 0 spiro atoms. The maximum atomic E-state index is 12.9. The number of carbonyl (C=O) groups excluding carboxylic acids is 3. The smallest absolute Gasteiger partial charge is 0.306 e. The van der Waals surface area contributed by atoms with Crippen molar-refractivity contribution < 1.29 is 28.6 Å². The van der Waals surface area contributed by atoms with Crippen molar-refractivity contribution in [1.29, 1.82) is 0 Å². The van der Waals surface area contributed by atoms with Gasteiger partial charge in [-0.25, -0.2) is 0 Å².